The minimum absolute atomic E-state index is 0.123. The molecular formula is C16H21NO3. The van der Waals surface area contributed by atoms with E-state index in [1.807, 2.05) is 50.2 Å². The number of furan rings is 1. The third-order valence-electron chi connectivity index (χ3n) is 3.22. The van der Waals surface area contributed by atoms with Gasteiger partial charge in [0.15, 0.2) is 6.10 Å². The molecule has 108 valence electrons. The van der Waals surface area contributed by atoms with Gasteiger partial charge in [-0.15, -0.1) is 0 Å². The van der Waals surface area contributed by atoms with Crippen molar-refractivity contribution >= 4 is 0 Å². The van der Waals surface area contributed by atoms with Gasteiger partial charge in [-0.1, -0.05) is 6.92 Å². The Hall–Kier alpha value is -1.94. The average molecular weight is 275 g/mol. The number of hydrogen-bond acceptors (Lipinski definition) is 4. The second-order valence-corrected chi connectivity index (χ2v) is 4.73. The second-order valence-electron chi connectivity index (χ2n) is 4.73. The van der Waals surface area contributed by atoms with Crippen LogP contribution in [0.4, 0.5) is 0 Å². The molecule has 0 amide bonds. The molecule has 0 aliphatic heterocycles. The standard InChI is InChI=1S/C16H21NO3/c1-4-14(17)16(15-10-5-11(2)19-15)20-13-8-6-12(18-3)7-9-13/h5-10,14,16H,4,17H2,1-3H3. The van der Waals surface area contributed by atoms with Crippen LogP contribution in [0.2, 0.25) is 0 Å². The fourth-order valence-electron chi connectivity index (χ4n) is 1.98. The maximum Gasteiger partial charge on any atom is 0.171 e. The normalized spacial score (nSPS) is 13.8. The van der Waals surface area contributed by atoms with Gasteiger partial charge in [-0.05, 0) is 49.7 Å². The van der Waals surface area contributed by atoms with Crippen LogP contribution < -0.4 is 15.2 Å². The Morgan fingerprint density at radius 3 is 2.25 bits per heavy atom. The molecule has 0 radical (unpaired) electrons. The minimum Gasteiger partial charge on any atom is -0.497 e. The number of ether oxygens (including phenoxy) is 2. The first-order chi connectivity index (χ1) is 9.63. The molecule has 0 saturated heterocycles. The SMILES string of the molecule is CCC(N)C(Oc1ccc(OC)cc1)c1ccc(C)o1. The van der Waals surface area contributed by atoms with Crippen LogP contribution in [0, 0.1) is 6.92 Å². The van der Waals surface area contributed by atoms with Gasteiger partial charge in [0, 0.05) is 6.04 Å². The van der Waals surface area contributed by atoms with Crippen molar-refractivity contribution in [2.24, 2.45) is 5.73 Å². The molecule has 20 heavy (non-hydrogen) atoms. The summed E-state index contributed by atoms with van der Waals surface area (Å²) in [5, 5.41) is 0. The highest BCUT2D eigenvalue weighted by Gasteiger charge is 2.23. The van der Waals surface area contributed by atoms with Crippen LogP contribution in [0.25, 0.3) is 0 Å². The molecule has 2 aromatic rings. The van der Waals surface area contributed by atoms with Crippen molar-refractivity contribution in [3.05, 3.63) is 47.9 Å². The van der Waals surface area contributed by atoms with Crippen molar-refractivity contribution in [3.8, 4) is 11.5 Å². The van der Waals surface area contributed by atoms with E-state index >= 15 is 0 Å². The Kier molecular flexibility index (Phi) is 4.69. The summed E-state index contributed by atoms with van der Waals surface area (Å²) in [5.74, 6) is 3.15. The Morgan fingerprint density at radius 1 is 1.10 bits per heavy atom. The first-order valence-corrected chi connectivity index (χ1v) is 6.76. The van der Waals surface area contributed by atoms with E-state index in [0.29, 0.717) is 0 Å². The van der Waals surface area contributed by atoms with Gasteiger partial charge in [-0.3, -0.25) is 0 Å². The molecule has 1 heterocycles. The number of aryl methyl sites for hydroxylation is 1. The summed E-state index contributed by atoms with van der Waals surface area (Å²) in [6.07, 6.45) is 0.516. The smallest absolute Gasteiger partial charge is 0.171 e. The van der Waals surface area contributed by atoms with Gasteiger partial charge in [0.1, 0.15) is 23.0 Å². The molecule has 1 aromatic heterocycles. The zero-order valence-electron chi connectivity index (χ0n) is 12.1. The highest BCUT2D eigenvalue weighted by atomic mass is 16.5. The van der Waals surface area contributed by atoms with E-state index in [0.717, 1.165) is 29.4 Å². The molecule has 4 nitrogen and oxygen atoms in total. The summed E-state index contributed by atoms with van der Waals surface area (Å²) >= 11 is 0. The van der Waals surface area contributed by atoms with E-state index in [9.17, 15) is 0 Å². The fraction of sp³-hybridized carbons (Fsp3) is 0.375. The average Bonchev–Trinajstić information content (AvgIpc) is 2.91. The highest BCUT2D eigenvalue weighted by molar-refractivity contribution is 5.31. The Bertz CT molecular complexity index is 533. The maximum atomic E-state index is 6.15. The lowest BCUT2D eigenvalue weighted by Crippen LogP contribution is -2.31. The van der Waals surface area contributed by atoms with Crippen LogP contribution in [-0.2, 0) is 0 Å². The van der Waals surface area contributed by atoms with E-state index < -0.39 is 0 Å². The van der Waals surface area contributed by atoms with Crippen LogP contribution in [0.3, 0.4) is 0 Å². The Labute approximate surface area is 119 Å². The van der Waals surface area contributed by atoms with Gasteiger partial charge >= 0.3 is 0 Å². The van der Waals surface area contributed by atoms with E-state index in [1.165, 1.54) is 0 Å². The lowest BCUT2D eigenvalue weighted by Gasteiger charge is -2.22. The number of methoxy groups -OCH3 is 1. The third-order valence-corrected chi connectivity index (χ3v) is 3.22. The molecule has 0 fully saturated rings. The van der Waals surface area contributed by atoms with Crippen LogP contribution in [0.5, 0.6) is 11.5 Å². The molecule has 0 spiro atoms. The van der Waals surface area contributed by atoms with Crippen LogP contribution in [0.1, 0.15) is 31.0 Å². The largest absolute Gasteiger partial charge is 0.497 e. The molecule has 0 aliphatic rings. The number of benzene rings is 1. The Morgan fingerprint density at radius 2 is 1.75 bits per heavy atom. The van der Waals surface area contributed by atoms with Gasteiger partial charge in [0.05, 0.1) is 7.11 Å². The quantitative estimate of drug-likeness (QED) is 0.877. The maximum absolute atomic E-state index is 6.15. The predicted octanol–water partition coefficient (Wildman–Crippen LogP) is 3.45. The van der Waals surface area contributed by atoms with Crippen molar-refractivity contribution < 1.29 is 13.9 Å². The van der Waals surface area contributed by atoms with Crippen LogP contribution >= 0.6 is 0 Å². The van der Waals surface area contributed by atoms with E-state index in [-0.39, 0.29) is 12.1 Å². The predicted molar refractivity (Wildman–Crippen MR) is 78.1 cm³/mol. The van der Waals surface area contributed by atoms with Crippen LogP contribution in [0.15, 0.2) is 40.8 Å². The monoisotopic (exact) mass is 275 g/mol. The van der Waals surface area contributed by atoms with Gasteiger partial charge in [-0.2, -0.15) is 0 Å². The first kappa shape index (κ1) is 14.5. The molecule has 2 unspecified atom stereocenters. The zero-order valence-corrected chi connectivity index (χ0v) is 12.1. The lowest BCUT2D eigenvalue weighted by molar-refractivity contribution is 0.143. The summed E-state index contributed by atoms with van der Waals surface area (Å²) in [4.78, 5) is 0. The second kappa shape index (κ2) is 6.48. The minimum atomic E-state index is -0.290. The number of rotatable bonds is 6. The molecule has 2 N–H and O–H groups in total. The summed E-state index contributed by atoms with van der Waals surface area (Å²) in [5.41, 5.74) is 6.15. The zero-order chi connectivity index (χ0) is 14.5. The number of hydrogen-bond donors (Lipinski definition) is 1. The molecule has 2 rings (SSSR count). The molecule has 0 bridgehead atoms. The van der Waals surface area contributed by atoms with Crippen molar-refractivity contribution in [3.63, 3.8) is 0 Å². The molecule has 4 heteroatoms. The van der Waals surface area contributed by atoms with Gasteiger partial charge in [0.25, 0.3) is 0 Å². The van der Waals surface area contributed by atoms with Gasteiger partial charge < -0.3 is 19.6 Å². The molecule has 1 aromatic carbocycles. The molecule has 2 atom stereocenters. The summed E-state index contributed by atoms with van der Waals surface area (Å²) in [7, 11) is 1.64. The highest BCUT2D eigenvalue weighted by Crippen LogP contribution is 2.28. The van der Waals surface area contributed by atoms with Crippen molar-refractivity contribution in [1.29, 1.82) is 0 Å². The van der Waals surface area contributed by atoms with Crippen molar-refractivity contribution in [1.82, 2.24) is 0 Å². The third kappa shape index (κ3) is 3.33. The summed E-state index contributed by atoms with van der Waals surface area (Å²) in [6.45, 7) is 3.94. The lowest BCUT2D eigenvalue weighted by atomic mass is 10.1. The van der Waals surface area contributed by atoms with Crippen molar-refractivity contribution in [2.75, 3.05) is 7.11 Å². The molecule has 0 aliphatic carbocycles. The molecular weight excluding hydrogens is 254 g/mol. The topological polar surface area (TPSA) is 57.6 Å². The van der Waals surface area contributed by atoms with Gasteiger partial charge in [0.2, 0.25) is 0 Å². The number of nitrogens with two attached hydrogens (primary N) is 1. The van der Waals surface area contributed by atoms with E-state index in [4.69, 9.17) is 19.6 Å². The summed E-state index contributed by atoms with van der Waals surface area (Å²) < 4.78 is 16.8. The van der Waals surface area contributed by atoms with Crippen molar-refractivity contribution in [2.45, 2.75) is 32.4 Å². The Balaban J connectivity index is 2.18. The van der Waals surface area contributed by atoms with Crippen LogP contribution in [-0.4, -0.2) is 13.2 Å². The summed E-state index contributed by atoms with van der Waals surface area (Å²) in [6, 6.07) is 11.2. The van der Waals surface area contributed by atoms with E-state index in [1.54, 1.807) is 7.11 Å². The fourth-order valence-corrected chi connectivity index (χ4v) is 1.98. The molecule has 0 saturated carbocycles. The van der Waals surface area contributed by atoms with Gasteiger partial charge in [-0.25, -0.2) is 0 Å². The first-order valence-electron chi connectivity index (χ1n) is 6.76. The van der Waals surface area contributed by atoms with E-state index in [2.05, 4.69) is 0 Å².